The van der Waals surface area contributed by atoms with Crippen molar-refractivity contribution >= 4 is 5.91 Å². The van der Waals surface area contributed by atoms with Crippen LogP contribution in [0.2, 0.25) is 0 Å². The SMILES string of the molecule is C=CCC[C@H](O)CN1CCC[C@@H]1C(=O)N1CCOCC1. The van der Waals surface area contributed by atoms with E-state index in [1.54, 1.807) is 0 Å². The van der Waals surface area contributed by atoms with Crippen molar-refractivity contribution in [1.29, 1.82) is 0 Å². The number of nitrogens with zero attached hydrogens (tertiary/aromatic N) is 2. The number of ether oxygens (including phenoxy) is 1. The zero-order valence-electron chi connectivity index (χ0n) is 12.2. The maximum atomic E-state index is 12.5. The maximum Gasteiger partial charge on any atom is 0.240 e. The number of rotatable bonds is 6. The van der Waals surface area contributed by atoms with Gasteiger partial charge >= 0.3 is 0 Å². The van der Waals surface area contributed by atoms with E-state index >= 15 is 0 Å². The molecule has 2 heterocycles. The Morgan fingerprint density at radius 3 is 2.85 bits per heavy atom. The molecule has 114 valence electrons. The number of carbonyl (C=O) groups is 1. The van der Waals surface area contributed by atoms with E-state index < -0.39 is 0 Å². The quantitative estimate of drug-likeness (QED) is 0.726. The highest BCUT2D eigenvalue weighted by molar-refractivity contribution is 5.82. The Morgan fingerprint density at radius 1 is 1.40 bits per heavy atom. The minimum atomic E-state index is -0.369. The molecule has 0 aromatic rings. The van der Waals surface area contributed by atoms with Gasteiger partial charge in [0.05, 0.1) is 25.4 Å². The van der Waals surface area contributed by atoms with E-state index in [9.17, 15) is 9.90 Å². The molecule has 1 amide bonds. The molecule has 2 atom stereocenters. The zero-order chi connectivity index (χ0) is 14.4. The van der Waals surface area contributed by atoms with E-state index in [4.69, 9.17) is 4.74 Å². The van der Waals surface area contributed by atoms with Gasteiger partial charge in [-0.2, -0.15) is 0 Å². The highest BCUT2D eigenvalue weighted by Gasteiger charge is 2.34. The molecular weight excluding hydrogens is 256 g/mol. The lowest BCUT2D eigenvalue weighted by atomic mass is 10.1. The second-order valence-electron chi connectivity index (χ2n) is 5.61. The molecule has 5 nitrogen and oxygen atoms in total. The summed E-state index contributed by atoms with van der Waals surface area (Å²) in [6.07, 6.45) is 4.93. The number of hydrogen-bond donors (Lipinski definition) is 1. The molecule has 0 aromatic heterocycles. The average molecular weight is 282 g/mol. The van der Waals surface area contributed by atoms with Crippen LogP contribution in [0.25, 0.3) is 0 Å². The summed E-state index contributed by atoms with van der Waals surface area (Å²) in [7, 11) is 0. The fourth-order valence-electron chi connectivity index (χ4n) is 2.99. The second-order valence-corrected chi connectivity index (χ2v) is 5.61. The highest BCUT2D eigenvalue weighted by atomic mass is 16.5. The maximum absolute atomic E-state index is 12.5. The molecule has 5 heteroatoms. The van der Waals surface area contributed by atoms with Gasteiger partial charge in [0.1, 0.15) is 0 Å². The summed E-state index contributed by atoms with van der Waals surface area (Å²) in [6.45, 7) is 7.84. The summed E-state index contributed by atoms with van der Waals surface area (Å²) in [4.78, 5) is 16.6. The van der Waals surface area contributed by atoms with Crippen LogP contribution in [-0.2, 0) is 9.53 Å². The number of allylic oxidation sites excluding steroid dienone is 1. The number of amides is 1. The molecule has 0 spiro atoms. The van der Waals surface area contributed by atoms with Crippen LogP contribution in [0.15, 0.2) is 12.7 Å². The van der Waals surface area contributed by atoms with E-state index in [0.717, 1.165) is 32.2 Å². The summed E-state index contributed by atoms with van der Waals surface area (Å²) >= 11 is 0. The fraction of sp³-hybridized carbons (Fsp3) is 0.800. The lowest BCUT2D eigenvalue weighted by molar-refractivity contribution is -0.140. The van der Waals surface area contributed by atoms with Crippen LogP contribution in [0.5, 0.6) is 0 Å². The number of β-amino-alcohol motifs (C(OH)–C–C–N with tert-alkyl or cyclic N) is 1. The van der Waals surface area contributed by atoms with Crippen LogP contribution in [0.1, 0.15) is 25.7 Å². The van der Waals surface area contributed by atoms with E-state index in [0.29, 0.717) is 32.8 Å². The molecule has 20 heavy (non-hydrogen) atoms. The van der Waals surface area contributed by atoms with Crippen LogP contribution in [0.4, 0.5) is 0 Å². The van der Waals surface area contributed by atoms with E-state index in [-0.39, 0.29) is 18.1 Å². The number of aliphatic hydroxyl groups is 1. The van der Waals surface area contributed by atoms with Crippen LogP contribution in [-0.4, -0.2) is 72.4 Å². The Kier molecular flexibility index (Phi) is 6.01. The lowest BCUT2D eigenvalue weighted by Crippen LogP contribution is -2.50. The molecule has 0 aliphatic carbocycles. The van der Waals surface area contributed by atoms with Crippen molar-refractivity contribution in [2.45, 2.75) is 37.8 Å². The Hall–Kier alpha value is -0.910. The Balaban J connectivity index is 1.85. The zero-order valence-corrected chi connectivity index (χ0v) is 12.2. The molecule has 0 radical (unpaired) electrons. The summed E-state index contributed by atoms with van der Waals surface area (Å²) in [5, 5.41) is 10.0. The van der Waals surface area contributed by atoms with Crippen molar-refractivity contribution in [2.24, 2.45) is 0 Å². The summed E-state index contributed by atoms with van der Waals surface area (Å²) in [5.41, 5.74) is 0. The Labute approximate surface area is 121 Å². The topological polar surface area (TPSA) is 53.0 Å². The van der Waals surface area contributed by atoms with Crippen LogP contribution >= 0.6 is 0 Å². The molecule has 0 aromatic carbocycles. The molecule has 0 saturated carbocycles. The van der Waals surface area contributed by atoms with Crippen molar-refractivity contribution in [3.05, 3.63) is 12.7 Å². The monoisotopic (exact) mass is 282 g/mol. The van der Waals surface area contributed by atoms with Gasteiger partial charge in [-0.3, -0.25) is 9.69 Å². The first-order valence-corrected chi connectivity index (χ1v) is 7.62. The molecule has 2 rings (SSSR count). The first-order chi connectivity index (χ1) is 9.72. The lowest BCUT2D eigenvalue weighted by Gasteiger charge is -2.33. The fourth-order valence-corrected chi connectivity index (χ4v) is 2.99. The predicted octanol–water partition coefficient (Wildman–Crippen LogP) is 0.637. The third kappa shape index (κ3) is 4.04. The van der Waals surface area contributed by atoms with Crippen molar-refractivity contribution in [3.8, 4) is 0 Å². The van der Waals surface area contributed by atoms with Gasteiger partial charge in [-0.15, -0.1) is 6.58 Å². The molecule has 2 aliphatic rings. The average Bonchev–Trinajstić information content (AvgIpc) is 2.93. The van der Waals surface area contributed by atoms with Gasteiger partial charge in [0, 0.05) is 19.6 Å². The number of hydrogen-bond acceptors (Lipinski definition) is 4. The third-order valence-corrected chi connectivity index (χ3v) is 4.12. The number of likely N-dealkylation sites (tertiary alicyclic amines) is 1. The molecule has 2 aliphatic heterocycles. The normalized spacial score (nSPS) is 25.6. The molecule has 2 fully saturated rings. The molecule has 1 N–H and O–H groups in total. The minimum Gasteiger partial charge on any atom is -0.392 e. The summed E-state index contributed by atoms with van der Waals surface area (Å²) < 4.78 is 5.29. The van der Waals surface area contributed by atoms with Crippen molar-refractivity contribution < 1.29 is 14.6 Å². The largest absolute Gasteiger partial charge is 0.392 e. The predicted molar refractivity (Wildman–Crippen MR) is 77.4 cm³/mol. The van der Waals surface area contributed by atoms with Gasteiger partial charge in [-0.05, 0) is 32.2 Å². The first kappa shape index (κ1) is 15.5. The van der Waals surface area contributed by atoms with Crippen LogP contribution in [0.3, 0.4) is 0 Å². The van der Waals surface area contributed by atoms with Gasteiger partial charge in [0.2, 0.25) is 5.91 Å². The first-order valence-electron chi connectivity index (χ1n) is 7.62. The molecule has 0 unspecified atom stereocenters. The summed E-state index contributed by atoms with van der Waals surface area (Å²) in [5.74, 6) is 0.210. The van der Waals surface area contributed by atoms with Gasteiger partial charge in [-0.1, -0.05) is 6.08 Å². The van der Waals surface area contributed by atoms with E-state index in [2.05, 4.69) is 11.5 Å². The molecule has 2 saturated heterocycles. The third-order valence-electron chi connectivity index (χ3n) is 4.12. The van der Waals surface area contributed by atoms with Gasteiger partial charge in [0.15, 0.2) is 0 Å². The number of aliphatic hydroxyl groups excluding tert-OH is 1. The standard InChI is InChI=1S/C15H26N2O3/c1-2-3-5-13(18)12-17-7-4-6-14(17)15(19)16-8-10-20-11-9-16/h2,13-14,18H,1,3-12H2/t13-,14+/m0/s1. The number of carbonyl (C=O) groups excluding carboxylic acids is 1. The minimum absolute atomic E-state index is 0.0496. The number of morpholine rings is 1. The van der Waals surface area contributed by atoms with Gasteiger partial charge < -0.3 is 14.7 Å². The molecular formula is C15H26N2O3. The van der Waals surface area contributed by atoms with Crippen LogP contribution in [0, 0.1) is 0 Å². The Bertz CT molecular complexity index is 329. The van der Waals surface area contributed by atoms with Gasteiger partial charge in [0.25, 0.3) is 0 Å². The van der Waals surface area contributed by atoms with Crippen molar-refractivity contribution in [1.82, 2.24) is 9.80 Å². The van der Waals surface area contributed by atoms with Crippen molar-refractivity contribution in [3.63, 3.8) is 0 Å². The van der Waals surface area contributed by atoms with Gasteiger partial charge in [-0.25, -0.2) is 0 Å². The molecule has 0 bridgehead atoms. The second kappa shape index (κ2) is 7.76. The van der Waals surface area contributed by atoms with E-state index in [1.165, 1.54) is 0 Å². The Morgan fingerprint density at radius 2 is 2.15 bits per heavy atom. The van der Waals surface area contributed by atoms with Crippen LogP contribution < -0.4 is 0 Å². The summed E-state index contributed by atoms with van der Waals surface area (Å²) in [6, 6.07) is -0.0496. The smallest absolute Gasteiger partial charge is 0.240 e. The van der Waals surface area contributed by atoms with E-state index in [1.807, 2.05) is 11.0 Å². The highest BCUT2D eigenvalue weighted by Crippen LogP contribution is 2.20. The van der Waals surface area contributed by atoms with Crippen molar-refractivity contribution in [2.75, 3.05) is 39.4 Å².